The van der Waals surface area contributed by atoms with E-state index >= 15 is 0 Å². The van der Waals surface area contributed by atoms with E-state index < -0.39 is 26.9 Å². The predicted octanol–water partition coefficient (Wildman–Crippen LogP) is 3.06. The summed E-state index contributed by atoms with van der Waals surface area (Å²) in [4.78, 5) is 7.26. The lowest BCUT2D eigenvalue weighted by Gasteiger charge is -2.11. The number of halogens is 2. The molecule has 2 heterocycles. The van der Waals surface area contributed by atoms with E-state index in [0.29, 0.717) is 0 Å². The highest BCUT2D eigenvalue weighted by atomic mass is 32.2. The number of rotatable bonds is 6. The van der Waals surface area contributed by atoms with Crippen molar-refractivity contribution in [3.63, 3.8) is 0 Å². The molecule has 2 rings (SSSR count). The van der Waals surface area contributed by atoms with Crippen molar-refractivity contribution in [2.75, 3.05) is 4.72 Å². The number of hydrogen-bond donors (Lipinski definition) is 1. The van der Waals surface area contributed by atoms with Gasteiger partial charge in [0.2, 0.25) is 5.88 Å². The second-order valence-electron chi connectivity index (χ2n) is 4.51. The second kappa shape index (κ2) is 6.53. The van der Waals surface area contributed by atoms with Crippen LogP contribution in [0.2, 0.25) is 0 Å². The van der Waals surface area contributed by atoms with Gasteiger partial charge in [0.05, 0.1) is 18.5 Å². The molecule has 10 heteroatoms. The van der Waals surface area contributed by atoms with E-state index in [0.717, 1.165) is 22.1 Å². The minimum Gasteiger partial charge on any atom is -0.474 e. The Balaban J connectivity index is 2.27. The van der Waals surface area contributed by atoms with E-state index in [1.54, 1.807) is 13.8 Å². The average molecular weight is 349 g/mol. The molecule has 0 aliphatic carbocycles. The summed E-state index contributed by atoms with van der Waals surface area (Å²) in [5.41, 5.74) is -0.542. The molecule has 0 aliphatic heterocycles. The zero-order valence-corrected chi connectivity index (χ0v) is 13.3. The molecule has 2 aromatic heterocycles. The zero-order chi connectivity index (χ0) is 16.3. The third-order valence-electron chi connectivity index (χ3n) is 2.39. The predicted molar refractivity (Wildman–Crippen MR) is 77.9 cm³/mol. The molecular formula is C12H13F2N3O3S2. The summed E-state index contributed by atoms with van der Waals surface area (Å²) >= 11 is 0.884. The first-order valence-electron chi connectivity index (χ1n) is 6.15. The van der Waals surface area contributed by atoms with E-state index in [9.17, 15) is 17.2 Å². The number of thiophene rings is 1. The molecule has 0 radical (unpaired) electrons. The van der Waals surface area contributed by atoms with Crippen LogP contribution in [0.25, 0.3) is 0 Å². The van der Waals surface area contributed by atoms with Crippen molar-refractivity contribution in [1.29, 1.82) is 0 Å². The number of nitrogens with zero attached hydrogens (tertiary/aromatic N) is 2. The summed E-state index contributed by atoms with van der Waals surface area (Å²) in [5.74, 6) is 0.0270. The number of sulfonamides is 1. The molecule has 0 unspecified atom stereocenters. The van der Waals surface area contributed by atoms with Gasteiger partial charge in [-0.2, -0.15) is 16.3 Å². The molecule has 0 bridgehead atoms. The maximum absolute atomic E-state index is 12.8. The van der Waals surface area contributed by atoms with E-state index in [4.69, 9.17) is 4.74 Å². The van der Waals surface area contributed by atoms with Crippen molar-refractivity contribution >= 4 is 27.2 Å². The fraction of sp³-hybridized carbons (Fsp3) is 0.333. The minimum atomic E-state index is -4.17. The molecule has 0 fully saturated rings. The maximum Gasteiger partial charge on any atom is 0.265 e. The van der Waals surface area contributed by atoms with Crippen LogP contribution in [0.3, 0.4) is 0 Å². The van der Waals surface area contributed by atoms with Crippen LogP contribution in [0.4, 0.5) is 14.6 Å². The maximum atomic E-state index is 12.8. The first-order chi connectivity index (χ1) is 10.3. The third-order valence-corrected chi connectivity index (χ3v) is 4.71. The fourth-order valence-electron chi connectivity index (χ4n) is 1.56. The number of hydrogen-bond acceptors (Lipinski definition) is 6. The Morgan fingerprint density at radius 2 is 2.00 bits per heavy atom. The topological polar surface area (TPSA) is 81.2 Å². The van der Waals surface area contributed by atoms with Crippen LogP contribution in [-0.2, 0) is 10.0 Å². The second-order valence-corrected chi connectivity index (χ2v) is 6.90. The van der Waals surface area contributed by atoms with Crippen LogP contribution in [0.1, 0.15) is 25.8 Å². The van der Waals surface area contributed by atoms with Crippen LogP contribution in [0.15, 0.2) is 28.0 Å². The van der Waals surface area contributed by atoms with Crippen LogP contribution in [-0.4, -0.2) is 24.5 Å². The van der Waals surface area contributed by atoms with Crippen molar-refractivity contribution in [2.24, 2.45) is 0 Å². The molecule has 0 aromatic carbocycles. The van der Waals surface area contributed by atoms with Crippen LogP contribution >= 0.6 is 11.3 Å². The molecule has 0 spiro atoms. The number of anilines is 1. The summed E-state index contributed by atoms with van der Waals surface area (Å²) in [6, 6.07) is 0. The molecule has 120 valence electrons. The number of alkyl halides is 2. The Labute approximate surface area is 130 Å². The first-order valence-corrected chi connectivity index (χ1v) is 8.58. The summed E-state index contributed by atoms with van der Waals surface area (Å²) in [6.07, 6.45) is -0.547. The highest BCUT2D eigenvalue weighted by molar-refractivity contribution is 7.92. The normalized spacial score (nSPS) is 11.9. The van der Waals surface area contributed by atoms with Gasteiger partial charge in [-0.15, -0.1) is 0 Å². The largest absolute Gasteiger partial charge is 0.474 e. The highest BCUT2D eigenvalue weighted by Gasteiger charge is 2.25. The summed E-state index contributed by atoms with van der Waals surface area (Å²) in [7, 11) is -4.17. The summed E-state index contributed by atoms with van der Waals surface area (Å²) < 4.78 is 57.4. The average Bonchev–Trinajstić information content (AvgIpc) is 2.87. The molecule has 1 N–H and O–H groups in total. The standard InChI is InChI=1S/C12H13F2N3O3S2/c1-7(2)20-11-4-15-3-10(16-11)17-22(18,19)9-6-21-5-8(9)12(13)14/h3-7,12H,1-2H3,(H,16,17). The Bertz CT molecular complexity index is 748. The Kier molecular flexibility index (Phi) is 4.91. The van der Waals surface area contributed by atoms with Crippen molar-refractivity contribution in [2.45, 2.75) is 31.3 Å². The van der Waals surface area contributed by atoms with Gasteiger partial charge in [0.25, 0.3) is 16.4 Å². The summed E-state index contributed by atoms with van der Waals surface area (Å²) in [6.45, 7) is 3.55. The van der Waals surface area contributed by atoms with E-state index in [1.807, 2.05) is 0 Å². The quantitative estimate of drug-likeness (QED) is 0.867. The van der Waals surface area contributed by atoms with Gasteiger partial charge in [-0.3, -0.25) is 9.71 Å². The van der Waals surface area contributed by atoms with Crippen LogP contribution in [0, 0.1) is 0 Å². The minimum absolute atomic E-state index is 0.107. The van der Waals surface area contributed by atoms with Gasteiger partial charge in [0.1, 0.15) is 4.90 Å². The highest BCUT2D eigenvalue weighted by Crippen LogP contribution is 2.30. The van der Waals surface area contributed by atoms with Crippen molar-refractivity contribution < 1.29 is 21.9 Å². The zero-order valence-electron chi connectivity index (χ0n) is 11.7. The lowest BCUT2D eigenvalue weighted by molar-refractivity contribution is 0.148. The fourth-order valence-corrected chi connectivity index (χ4v) is 3.95. The lowest BCUT2D eigenvalue weighted by atomic mass is 10.4. The third kappa shape index (κ3) is 3.89. The SMILES string of the molecule is CC(C)Oc1cncc(NS(=O)(=O)c2cscc2C(F)F)n1. The van der Waals surface area contributed by atoms with Gasteiger partial charge in [0.15, 0.2) is 5.82 Å². The van der Waals surface area contributed by atoms with Gasteiger partial charge in [-0.1, -0.05) is 0 Å². The molecule has 0 atom stereocenters. The van der Waals surface area contributed by atoms with Gasteiger partial charge in [0, 0.05) is 16.3 Å². The molecule has 2 aromatic rings. The first kappa shape index (κ1) is 16.6. The van der Waals surface area contributed by atoms with E-state index in [-0.39, 0.29) is 17.8 Å². The monoisotopic (exact) mass is 349 g/mol. The molecular weight excluding hydrogens is 336 g/mol. The van der Waals surface area contributed by atoms with Crippen molar-refractivity contribution in [3.05, 3.63) is 28.7 Å². The van der Waals surface area contributed by atoms with Gasteiger partial charge >= 0.3 is 0 Å². The molecule has 0 amide bonds. The summed E-state index contributed by atoms with van der Waals surface area (Å²) in [5, 5.41) is 2.24. The molecule has 0 aliphatic rings. The van der Waals surface area contributed by atoms with Gasteiger partial charge in [-0.25, -0.2) is 17.2 Å². The Hall–Kier alpha value is -1.81. The number of aromatic nitrogens is 2. The van der Waals surface area contributed by atoms with Crippen molar-refractivity contribution in [3.8, 4) is 5.88 Å². The smallest absolute Gasteiger partial charge is 0.265 e. The number of ether oxygens (including phenoxy) is 1. The van der Waals surface area contributed by atoms with E-state index in [1.165, 1.54) is 12.4 Å². The molecule has 0 saturated carbocycles. The molecule has 22 heavy (non-hydrogen) atoms. The number of nitrogens with one attached hydrogen (secondary N) is 1. The lowest BCUT2D eigenvalue weighted by Crippen LogP contribution is -2.16. The molecule has 6 nitrogen and oxygen atoms in total. The van der Waals surface area contributed by atoms with Crippen LogP contribution in [0.5, 0.6) is 5.88 Å². The van der Waals surface area contributed by atoms with Crippen molar-refractivity contribution in [1.82, 2.24) is 9.97 Å². The Morgan fingerprint density at radius 3 is 2.64 bits per heavy atom. The van der Waals surface area contributed by atoms with Crippen LogP contribution < -0.4 is 9.46 Å². The Morgan fingerprint density at radius 1 is 1.27 bits per heavy atom. The van der Waals surface area contributed by atoms with Gasteiger partial charge in [-0.05, 0) is 13.8 Å². The molecule has 0 saturated heterocycles. The van der Waals surface area contributed by atoms with E-state index in [2.05, 4.69) is 14.7 Å². The van der Waals surface area contributed by atoms with Gasteiger partial charge < -0.3 is 4.74 Å².